The minimum Gasteiger partial charge on any atom is -0.328 e. The first kappa shape index (κ1) is 10.1. The monoisotopic (exact) mass is 160 g/mol. The second-order valence-electron chi connectivity index (χ2n) is 2.83. The van der Waals surface area contributed by atoms with E-state index in [0.29, 0.717) is 0 Å². The number of nitrogens with zero attached hydrogens (tertiary/aromatic N) is 1. The molecule has 10 heavy (non-hydrogen) atoms. The summed E-state index contributed by atoms with van der Waals surface area (Å²) in [7, 11) is 3.63. The summed E-state index contributed by atoms with van der Waals surface area (Å²) in [5, 5.41) is 0. The molecule has 62 valence electrons. The third-order valence-electron chi connectivity index (χ3n) is 1.63. The van der Waals surface area contributed by atoms with Crippen molar-refractivity contribution in [3.05, 3.63) is 0 Å². The zero-order valence-electron chi connectivity index (χ0n) is 7.65. The van der Waals surface area contributed by atoms with Gasteiger partial charge in [0.25, 0.3) is 0 Å². The minimum atomic E-state index is -0.724. The highest BCUT2D eigenvalue weighted by Gasteiger charge is 2.09. The molecule has 0 heterocycles. The molecule has 0 amide bonds. The zero-order valence-corrected chi connectivity index (χ0v) is 8.80. The molecule has 0 saturated carbocycles. The third-order valence-corrected chi connectivity index (χ3v) is 4.88. The molecule has 0 aliphatic carbocycles. The molecule has 0 aromatic heterocycles. The number of rotatable bonds is 5. The Morgan fingerprint density at radius 2 is 1.90 bits per heavy atom. The molecule has 2 nitrogen and oxygen atoms in total. The standard InChI is InChI=1S/C7H20N2Si/c1-5-7-10(8-6-2)9(3)4/h8,10H,5-7H2,1-4H3. The van der Waals surface area contributed by atoms with Crippen LogP contribution in [0.5, 0.6) is 0 Å². The molecule has 1 N–H and O–H groups in total. The van der Waals surface area contributed by atoms with E-state index in [0.717, 1.165) is 6.54 Å². The van der Waals surface area contributed by atoms with Gasteiger partial charge in [-0.3, -0.25) is 0 Å². The molecule has 0 aromatic rings. The van der Waals surface area contributed by atoms with Crippen molar-refractivity contribution in [1.82, 2.24) is 9.55 Å². The predicted molar refractivity (Wildman–Crippen MR) is 49.6 cm³/mol. The lowest BCUT2D eigenvalue weighted by molar-refractivity contribution is 0.609. The molecule has 0 rings (SSSR count). The molecular formula is C7H20N2Si. The molecule has 0 bridgehead atoms. The lowest BCUT2D eigenvalue weighted by Gasteiger charge is -2.22. The summed E-state index contributed by atoms with van der Waals surface area (Å²) < 4.78 is 2.37. The van der Waals surface area contributed by atoms with Gasteiger partial charge >= 0.3 is 0 Å². The van der Waals surface area contributed by atoms with Crippen LogP contribution >= 0.6 is 0 Å². The molecule has 0 aromatic carbocycles. The fraction of sp³-hybridized carbons (Fsp3) is 1.00. The van der Waals surface area contributed by atoms with Crippen molar-refractivity contribution >= 4 is 9.12 Å². The van der Waals surface area contributed by atoms with E-state index in [-0.39, 0.29) is 0 Å². The van der Waals surface area contributed by atoms with Crippen LogP contribution in [0.15, 0.2) is 0 Å². The quantitative estimate of drug-likeness (QED) is 0.598. The normalized spacial score (nSPS) is 14.1. The minimum absolute atomic E-state index is 0.724. The van der Waals surface area contributed by atoms with Gasteiger partial charge in [-0.2, -0.15) is 0 Å². The van der Waals surface area contributed by atoms with E-state index in [1.807, 2.05) is 0 Å². The van der Waals surface area contributed by atoms with Crippen LogP contribution in [-0.2, 0) is 0 Å². The van der Waals surface area contributed by atoms with Crippen molar-refractivity contribution in [2.24, 2.45) is 0 Å². The first-order chi connectivity index (χ1) is 4.72. The van der Waals surface area contributed by atoms with E-state index in [4.69, 9.17) is 0 Å². The average Bonchev–Trinajstić information content (AvgIpc) is 1.87. The molecule has 0 aliphatic heterocycles. The lowest BCUT2D eigenvalue weighted by atomic mass is 10.6. The van der Waals surface area contributed by atoms with Gasteiger partial charge in [-0.05, 0) is 26.7 Å². The molecule has 0 saturated heterocycles. The highest BCUT2D eigenvalue weighted by atomic mass is 28.3. The first-order valence-corrected chi connectivity index (χ1v) is 6.03. The van der Waals surface area contributed by atoms with Gasteiger partial charge in [0.05, 0.1) is 0 Å². The maximum atomic E-state index is 3.55. The Morgan fingerprint density at radius 1 is 1.30 bits per heavy atom. The Bertz CT molecular complexity index is 70.0. The summed E-state index contributed by atoms with van der Waals surface area (Å²) in [6, 6.07) is 1.38. The number of nitrogens with one attached hydrogen (secondary N) is 1. The highest BCUT2D eigenvalue weighted by Crippen LogP contribution is 1.95. The van der Waals surface area contributed by atoms with Crippen LogP contribution in [0, 0.1) is 0 Å². The van der Waals surface area contributed by atoms with Crippen LogP contribution in [0.2, 0.25) is 6.04 Å². The van der Waals surface area contributed by atoms with Crippen molar-refractivity contribution in [3.63, 3.8) is 0 Å². The van der Waals surface area contributed by atoms with Crippen molar-refractivity contribution in [2.45, 2.75) is 26.3 Å². The summed E-state index contributed by atoms with van der Waals surface area (Å²) in [6.45, 7) is 5.55. The topological polar surface area (TPSA) is 15.3 Å². The van der Waals surface area contributed by atoms with Crippen LogP contribution in [0.3, 0.4) is 0 Å². The smallest absolute Gasteiger partial charge is 0.186 e. The van der Waals surface area contributed by atoms with Crippen LogP contribution < -0.4 is 4.98 Å². The fourth-order valence-corrected chi connectivity index (χ4v) is 3.16. The van der Waals surface area contributed by atoms with Gasteiger partial charge < -0.3 is 9.55 Å². The predicted octanol–water partition coefficient (Wildman–Crippen LogP) is 0.788. The summed E-state index contributed by atoms with van der Waals surface area (Å²) >= 11 is 0. The molecule has 0 radical (unpaired) electrons. The summed E-state index contributed by atoms with van der Waals surface area (Å²) in [4.78, 5) is 3.55. The van der Waals surface area contributed by atoms with Crippen molar-refractivity contribution in [3.8, 4) is 0 Å². The maximum absolute atomic E-state index is 3.55. The Balaban J connectivity index is 3.50. The van der Waals surface area contributed by atoms with Gasteiger partial charge in [0, 0.05) is 0 Å². The van der Waals surface area contributed by atoms with Crippen LogP contribution in [-0.4, -0.2) is 34.3 Å². The second kappa shape index (κ2) is 5.89. The third kappa shape index (κ3) is 4.03. The molecule has 0 fully saturated rings. The Kier molecular flexibility index (Phi) is 5.97. The molecule has 0 aliphatic rings. The van der Waals surface area contributed by atoms with Gasteiger partial charge in [0.2, 0.25) is 0 Å². The molecule has 0 spiro atoms. The van der Waals surface area contributed by atoms with Crippen LogP contribution in [0.4, 0.5) is 0 Å². The van der Waals surface area contributed by atoms with Gasteiger partial charge in [0.15, 0.2) is 9.12 Å². The van der Waals surface area contributed by atoms with Crippen molar-refractivity contribution < 1.29 is 0 Å². The molecule has 1 atom stereocenters. The van der Waals surface area contributed by atoms with Gasteiger partial charge in [0.1, 0.15) is 0 Å². The van der Waals surface area contributed by atoms with Gasteiger partial charge in [-0.1, -0.05) is 20.3 Å². The van der Waals surface area contributed by atoms with E-state index >= 15 is 0 Å². The summed E-state index contributed by atoms with van der Waals surface area (Å²) in [5.41, 5.74) is 0. The largest absolute Gasteiger partial charge is 0.328 e. The Hall–Kier alpha value is 0.137. The Labute approximate surface area is 66.4 Å². The number of hydrogen-bond acceptors (Lipinski definition) is 2. The van der Waals surface area contributed by atoms with E-state index < -0.39 is 9.12 Å². The van der Waals surface area contributed by atoms with E-state index in [9.17, 15) is 0 Å². The van der Waals surface area contributed by atoms with Gasteiger partial charge in [-0.15, -0.1) is 0 Å². The first-order valence-electron chi connectivity index (χ1n) is 4.12. The Morgan fingerprint density at radius 3 is 2.20 bits per heavy atom. The SMILES string of the molecule is CCC[SiH](NCC)N(C)C. The number of hydrogen-bond donors (Lipinski definition) is 1. The van der Waals surface area contributed by atoms with E-state index in [1.54, 1.807) is 0 Å². The summed E-state index contributed by atoms with van der Waals surface area (Å²) in [5.74, 6) is 0. The van der Waals surface area contributed by atoms with Crippen LogP contribution in [0.1, 0.15) is 20.3 Å². The van der Waals surface area contributed by atoms with Crippen LogP contribution in [0.25, 0.3) is 0 Å². The van der Waals surface area contributed by atoms with Crippen molar-refractivity contribution in [1.29, 1.82) is 0 Å². The maximum Gasteiger partial charge on any atom is 0.186 e. The van der Waals surface area contributed by atoms with E-state index in [1.165, 1.54) is 12.5 Å². The molecule has 3 heteroatoms. The lowest BCUT2D eigenvalue weighted by Crippen LogP contribution is -2.46. The fourth-order valence-electron chi connectivity index (χ4n) is 1.05. The molecular weight excluding hydrogens is 140 g/mol. The zero-order chi connectivity index (χ0) is 7.98. The van der Waals surface area contributed by atoms with Crippen molar-refractivity contribution in [2.75, 3.05) is 20.6 Å². The highest BCUT2D eigenvalue weighted by molar-refractivity contribution is 6.52. The second-order valence-corrected chi connectivity index (χ2v) is 5.88. The average molecular weight is 160 g/mol. The van der Waals surface area contributed by atoms with Gasteiger partial charge in [-0.25, -0.2) is 0 Å². The summed E-state index contributed by atoms with van der Waals surface area (Å²) in [6.07, 6.45) is 1.31. The molecule has 1 unspecified atom stereocenters. The van der Waals surface area contributed by atoms with E-state index in [2.05, 4.69) is 37.5 Å².